The van der Waals surface area contributed by atoms with Gasteiger partial charge in [0.25, 0.3) is 0 Å². The molecule has 0 radical (unpaired) electrons. The number of likely N-dealkylation sites (N-methyl/N-ethyl adjacent to an activating group) is 1. The van der Waals surface area contributed by atoms with Gasteiger partial charge in [-0.25, -0.2) is 8.42 Å². The first-order chi connectivity index (χ1) is 15.0. The van der Waals surface area contributed by atoms with E-state index < -0.39 is 28.5 Å². The maximum absolute atomic E-state index is 13.4. The zero-order valence-corrected chi connectivity index (χ0v) is 20.8. The molecular formula is C22H27Cl2N3O4S. The molecule has 174 valence electrons. The number of anilines is 1. The second-order valence-corrected chi connectivity index (χ2v) is 10.1. The molecule has 7 nitrogen and oxygen atoms in total. The van der Waals surface area contributed by atoms with Crippen LogP contribution in [-0.2, 0) is 26.2 Å². The van der Waals surface area contributed by atoms with Crippen LogP contribution < -0.4 is 9.62 Å². The van der Waals surface area contributed by atoms with Gasteiger partial charge in [-0.15, -0.1) is 0 Å². The summed E-state index contributed by atoms with van der Waals surface area (Å²) < 4.78 is 26.2. The van der Waals surface area contributed by atoms with Crippen molar-refractivity contribution in [2.24, 2.45) is 0 Å². The van der Waals surface area contributed by atoms with E-state index >= 15 is 0 Å². The van der Waals surface area contributed by atoms with Crippen molar-refractivity contribution >= 4 is 50.7 Å². The third-order valence-electron chi connectivity index (χ3n) is 4.92. The van der Waals surface area contributed by atoms with E-state index in [1.807, 2.05) is 0 Å². The molecule has 0 saturated heterocycles. The predicted octanol–water partition coefficient (Wildman–Crippen LogP) is 3.62. The van der Waals surface area contributed by atoms with Gasteiger partial charge in [0.1, 0.15) is 12.6 Å². The van der Waals surface area contributed by atoms with Gasteiger partial charge in [0.05, 0.1) is 11.9 Å². The van der Waals surface area contributed by atoms with Gasteiger partial charge in [-0.1, -0.05) is 41.4 Å². The highest BCUT2D eigenvalue weighted by atomic mass is 35.5. The molecule has 0 saturated carbocycles. The summed E-state index contributed by atoms with van der Waals surface area (Å²) in [4.78, 5) is 27.2. The molecule has 2 amide bonds. The Morgan fingerprint density at radius 3 is 2.34 bits per heavy atom. The van der Waals surface area contributed by atoms with Crippen LogP contribution in [0.1, 0.15) is 25.0 Å². The second-order valence-electron chi connectivity index (χ2n) is 7.38. The molecule has 0 aliphatic rings. The first-order valence-corrected chi connectivity index (χ1v) is 12.6. The van der Waals surface area contributed by atoms with Gasteiger partial charge >= 0.3 is 0 Å². The summed E-state index contributed by atoms with van der Waals surface area (Å²) in [7, 11) is -3.80. The van der Waals surface area contributed by atoms with E-state index in [0.29, 0.717) is 33.4 Å². The minimum absolute atomic E-state index is 0.0496. The maximum atomic E-state index is 13.4. The lowest BCUT2D eigenvalue weighted by Crippen LogP contribution is -2.51. The molecule has 32 heavy (non-hydrogen) atoms. The Hall–Kier alpha value is -2.29. The lowest BCUT2D eigenvalue weighted by Gasteiger charge is -2.32. The first kappa shape index (κ1) is 26.0. The number of amides is 2. The molecule has 1 atom stereocenters. The van der Waals surface area contributed by atoms with Crippen molar-refractivity contribution in [2.75, 3.05) is 23.7 Å². The standard InChI is InChI=1S/C22H27Cl2N3O4S/c1-5-25-22(29)16(3)26(13-17-8-6-7-9-19(17)24)21(28)14-27(32(4,30)31)20-11-10-18(23)12-15(20)2/h6-12,16H,5,13-14H2,1-4H3,(H,25,29)/t16-/m1/s1. The van der Waals surface area contributed by atoms with Gasteiger partial charge in [0, 0.05) is 23.1 Å². The van der Waals surface area contributed by atoms with Gasteiger partial charge in [-0.3, -0.25) is 13.9 Å². The zero-order chi connectivity index (χ0) is 24.1. The molecule has 0 unspecified atom stereocenters. The van der Waals surface area contributed by atoms with Gasteiger partial charge in [-0.2, -0.15) is 0 Å². The Morgan fingerprint density at radius 2 is 1.78 bits per heavy atom. The average Bonchev–Trinajstić information content (AvgIpc) is 2.70. The normalized spacial score (nSPS) is 12.2. The molecule has 0 spiro atoms. The molecule has 2 aromatic rings. The van der Waals surface area contributed by atoms with Crippen LogP contribution in [0.5, 0.6) is 0 Å². The molecule has 0 fully saturated rings. The third kappa shape index (κ3) is 6.60. The summed E-state index contributed by atoms with van der Waals surface area (Å²) in [6.45, 7) is 5.06. The quantitative estimate of drug-likeness (QED) is 0.570. The van der Waals surface area contributed by atoms with Gasteiger partial charge in [-0.05, 0) is 56.2 Å². The van der Waals surface area contributed by atoms with Crippen LogP contribution in [-0.4, -0.2) is 50.5 Å². The Bertz CT molecular complexity index is 1090. The van der Waals surface area contributed by atoms with Crippen molar-refractivity contribution in [3.8, 4) is 0 Å². The Kier molecular flexibility index (Phi) is 8.95. The van der Waals surface area contributed by atoms with Gasteiger partial charge < -0.3 is 10.2 Å². The summed E-state index contributed by atoms with van der Waals surface area (Å²) in [5.41, 5.74) is 1.59. The maximum Gasteiger partial charge on any atom is 0.244 e. The molecule has 1 N–H and O–H groups in total. The summed E-state index contributed by atoms with van der Waals surface area (Å²) in [6, 6.07) is 10.9. The zero-order valence-electron chi connectivity index (χ0n) is 18.4. The number of hydrogen-bond acceptors (Lipinski definition) is 4. The van der Waals surface area contributed by atoms with Crippen LogP contribution in [0.3, 0.4) is 0 Å². The topological polar surface area (TPSA) is 86.8 Å². The molecule has 2 rings (SSSR count). The number of aryl methyl sites for hydroxylation is 1. The highest BCUT2D eigenvalue weighted by molar-refractivity contribution is 7.92. The van der Waals surface area contributed by atoms with Crippen LogP contribution in [0.15, 0.2) is 42.5 Å². The van der Waals surface area contributed by atoms with E-state index in [4.69, 9.17) is 23.2 Å². The van der Waals surface area contributed by atoms with Crippen molar-refractivity contribution < 1.29 is 18.0 Å². The molecule has 2 aromatic carbocycles. The van der Waals surface area contributed by atoms with Crippen LogP contribution >= 0.6 is 23.2 Å². The third-order valence-corrected chi connectivity index (χ3v) is 6.65. The van der Waals surface area contributed by atoms with Crippen LogP contribution in [0.4, 0.5) is 5.69 Å². The molecule has 0 bridgehead atoms. The summed E-state index contributed by atoms with van der Waals surface area (Å²) in [5, 5.41) is 3.60. The molecule has 0 heterocycles. The fourth-order valence-electron chi connectivity index (χ4n) is 3.21. The lowest BCUT2D eigenvalue weighted by atomic mass is 10.1. The molecule has 10 heteroatoms. The summed E-state index contributed by atoms with van der Waals surface area (Å²) >= 11 is 12.3. The van der Waals surface area contributed by atoms with E-state index in [1.165, 1.54) is 4.90 Å². The monoisotopic (exact) mass is 499 g/mol. The van der Waals surface area contributed by atoms with Crippen molar-refractivity contribution in [1.29, 1.82) is 0 Å². The Balaban J connectivity index is 2.43. The number of nitrogens with zero attached hydrogens (tertiary/aromatic N) is 2. The van der Waals surface area contributed by atoms with Crippen molar-refractivity contribution in [2.45, 2.75) is 33.4 Å². The number of halogens is 2. The van der Waals surface area contributed by atoms with E-state index in [9.17, 15) is 18.0 Å². The number of benzene rings is 2. The number of nitrogens with one attached hydrogen (secondary N) is 1. The Morgan fingerprint density at radius 1 is 1.12 bits per heavy atom. The van der Waals surface area contributed by atoms with E-state index in [2.05, 4.69) is 5.32 Å². The fraction of sp³-hybridized carbons (Fsp3) is 0.364. The fourth-order valence-corrected chi connectivity index (χ4v) is 4.54. The van der Waals surface area contributed by atoms with Crippen LogP contribution in [0.2, 0.25) is 10.0 Å². The predicted molar refractivity (Wildman–Crippen MR) is 129 cm³/mol. The minimum atomic E-state index is -3.80. The SMILES string of the molecule is CCNC(=O)[C@@H](C)N(Cc1ccccc1Cl)C(=O)CN(c1ccc(Cl)cc1C)S(C)(=O)=O. The number of carbonyl (C=O) groups is 2. The highest BCUT2D eigenvalue weighted by Gasteiger charge is 2.30. The van der Waals surface area contributed by atoms with E-state index in [0.717, 1.165) is 10.6 Å². The molecular weight excluding hydrogens is 473 g/mol. The smallest absolute Gasteiger partial charge is 0.244 e. The number of sulfonamides is 1. The minimum Gasteiger partial charge on any atom is -0.355 e. The second kappa shape index (κ2) is 11.0. The average molecular weight is 500 g/mol. The number of carbonyl (C=O) groups excluding carboxylic acids is 2. The lowest BCUT2D eigenvalue weighted by molar-refractivity contribution is -0.139. The largest absolute Gasteiger partial charge is 0.355 e. The summed E-state index contributed by atoms with van der Waals surface area (Å²) in [6.07, 6.45) is 1.03. The van der Waals surface area contributed by atoms with Crippen molar-refractivity contribution in [3.63, 3.8) is 0 Å². The van der Waals surface area contributed by atoms with Crippen LogP contribution in [0, 0.1) is 6.92 Å². The number of hydrogen-bond donors (Lipinski definition) is 1. The number of rotatable bonds is 9. The molecule has 0 aliphatic carbocycles. The van der Waals surface area contributed by atoms with E-state index in [-0.39, 0.29) is 12.5 Å². The van der Waals surface area contributed by atoms with E-state index in [1.54, 1.807) is 63.2 Å². The first-order valence-electron chi connectivity index (χ1n) is 10.00. The van der Waals surface area contributed by atoms with Crippen LogP contribution in [0.25, 0.3) is 0 Å². The molecule has 0 aliphatic heterocycles. The Labute approximate surface area is 199 Å². The van der Waals surface area contributed by atoms with Gasteiger partial charge in [0.2, 0.25) is 21.8 Å². The molecule has 0 aromatic heterocycles. The highest BCUT2D eigenvalue weighted by Crippen LogP contribution is 2.26. The van der Waals surface area contributed by atoms with Crippen molar-refractivity contribution in [1.82, 2.24) is 10.2 Å². The van der Waals surface area contributed by atoms with Crippen molar-refractivity contribution in [3.05, 3.63) is 63.6 Å². The van der Waals surface area contributed by atoms with Gasteiger partial charge in [0.15, 0.2) is 0 Å². The summed E-state index contributed by atoms with van der Waals surface area (Å²) in [5.74, 6) is -0.884.